The lowest BCUT2D eigenvalue weighted by Gasteiger charge is -2.10. The topological polar surface area (TPSA) is 244 Å². The van der Waals surface area contributed by atoms with Crippen molar-refractivity contribution in [1.29, 1.82) is 0 Å². The Morgan fingerprint density at radius 1 is 1.00 bits per heavy atom. The summed E-state index contributed by atoms with van der Waals surface area (Å²) in [7, 11) is -13.1. The Morgan fingerprint density at radius 3 is 2.20 bits per heavy atom. The molecular weight excluding hydrogens is 554 g/mol. The van der Waals surface area contributed by atoms with Crippen LogP contribution in [0.5, 0.6) is 0 Å². The van der Waals surface area contributed by atoms with E-state index in [-0.39, 0.29) is 32.7 Å². The number of nitrogens with one attached hydrogen (secondary N) is 2. The van der Waals surface area contributed by atoms with Gasteiger partial charge in [-0.2, -0.15) is 16.8 Å². The van der Waals surface area contributed by atoms with Crippen molar-refractivity contribution in [3.05, 3.63) is 41.4 Å². The van der Waals surface area contributed by atoms with Gasteiger partial charge in [-0.05, 0) is 36.4 Å². The van der Waals surface area contributed by atoms with Crippen LogP contribution in [0.3, 0.4) is 0 Å². The summed E-state index contributed by atoms with van der Waals surface area (Å²) >= 11 is 6.08. The van der Waals surface area contributed by atoms with Crippen LogP contribution < -0.4 is 16.4 Å². The van der Waals surface area contributed by atoms with Gasteiger partial charge in [-0.25, -0.2) is 17.4 Å². The number of sulfone groups is 1. The molecule has 35 heavy (non-hydrogen) atoms. The smallest absolute Gasteiger partial charge is 0.370 e. The minimum absolute atomic E-state index is 0.0238. The second-order valence-electron chi connectivity index (χ2n) is 6.51. The van der Waals surface area contributed by atoms with Crippen LogP contribution in [0.25, 0.3) is 0 Å². The number of carbonyl (C=O) groups excluding carboxylic acids is 1. The number of nitrogens with two attached hydrogens (primary N) is 1. The molecule has 19 heteroatoms. The lowest BCUT2D eigenvalue weighted by atomic mass is 10.2. The molecule has 0 radical (unpaired) electrons. The maximum Gasteiger partial charge on any atom is 0.397 e. The molecule has 0 atom stereocenters. The van der Waals surface area contributed by atoms with E-state index in [2.05, 4.69) is 25.0 Å². The zero-order valence-electron chi connectivity index (χ0n) is 17.3. The van der Waals surface area contributed by atoms with Crippen LogP contribution in [0.15, 0.2) is 51.5 Å². The molecule has 2 aromatic carbocycles. The van der Waals surface area contributed by atoms with E-state index < -0.39 is 54.6 Å². The fourth-order valence-electron chi connectivity index (χ4n) is 2.38. The van der Waals surface area contributed by atoms with Crippen molar-refractivity contribution in [1.82, 2.24) is 0 Å². The van der Waals surface area contributed by atoms with Gasteiger partial charge < -0.3 is 16.4 Å². The molecule has 0 spiro atoms. The van der Waals surface area contributed by atoms with Crippen LogP contribution in [-0.4, -0.2) is 58.6 Å². The molecule has 0 unspecified atom stereocenters. The first kappa shape index (κ1) is 28.4. The predicted octanol–water partition coefficient (Wildman–Crippen LogP) is 2.10. The molecule has 192 valence electrons. The van der Waals surface area contributed by atoms with E-state index in [1.807, 2.05) is 0 Å². The molecule has 0 aliphatic heterocycles. The highest BCUT2D eigenvalue weighted by Crippen LogP contribution is 2.33. The van der Waals surface area contributed by atoms with Crippen molar-refractivity contribution in [3.63, 3.8) is 0 Å². The van der Waals surface area contributed by atoms with Crippen molar-refractivity contribution < 1.29 is 43.3 Å². The molecule has 2 aromatic rings. The van der Waals surface area contributed by atoms with Gasteiger partial charge >= 0.3 is 16.4 Å². The summed E-state index contributed by atoms with van der Waals surface area (Å²) in [6.45, 7) is -0.815. The monoisotopic (exact) mass is 571 g/mol. The molecule has 0 bridgehead atoms. The van der Waals surface area contributed by atoms with E-state index in [4.69, 9.17) is 26.4 Å². The highest BCUT2D eigenvalue weighted by Gasteiger charge is 2.18. The fraction of sp³-hybridized carbons (Fsp3) is 0.188. The van der Waals surface area contributed by atoms with Crippen molar-refractivity contribution in [2.75, 3.05) is 28.9 Å². The molecule has 0 fully saturated rings. The first-order valence-electron chi connectivity index (χ1n) is 9.01. The normalized spacial score (nSPS) is 12.5. The Bertz CT molecular complexity index is 1460. The molecule has 2 rings (SSSR count). The van der Waals surface area contributed by atoms with Crippen LogP contribution in [0, 0.1) is 0 Å². The number of azo groups is 1. The summed E-state index contributed by atoms with van der Waals surface area (Å²) in [4.78, 5) is 11.0. The zero-order valence-corrected chi connectivity index (χ0v) is 20.5. The number of rotatable bonds is 11. The Balaban J connectivity index is 2.26. The first-order valence-corrected chi connectivity index (χ1v) is 14.0. The van der Waals surface area contributed by atoms with Gasteiger partial charge in [-0.15, -0.1) is 10.2 Å². The first-order chi connectivity index (χ1) is 16.1. The van der Waals surface area contributed by atoms with E-state index in [9.17, 15) is 30.0 Å². The largest absolute Gasteiger partial charge is 0.397 e. The van der Waals surface area contributed by atoms with Gasteiger partial charge in [0.15, 0.2) is 9.84 Å². The number of urea groups is 1. The maximum absolute atomic E-state index is 12.3. The van der Waals surface area contributed by atoms with Crippen molar-refractivity contribution in [2.24, 2.45) is 16.0 Å². The number of amides is 2. The molecule has 0 aliphatic rings. The summed E-state index contributed by atoms with van der Waals surface area (Å²) in [6, 6.07) is 6.42. The van der Waals surface area contributed by atoms with Gasteiger partial charge in [-0.3, -0.25) is 9.11 Å². The maximum atomic E-state index is 12.3. The fourth-order valence-corrected chi connectivity index (χ4v) is 4.52. The third-order valence-electron chi connectivity index (χ3n) is 3.84. The van der Waals surface area contributed by atoms with Crippen molar-refractivity contribution >= 4 is 70.7 Å². The van der Waals surface area contributed by atoms with Crippen LogP contribution in [0.2, 0.25) is 5.02 Å². The molecule has 6 N–H and O–H groups in total. The highest BCUT2D eigenvalue weighted by atomic mass is 35.5. The molecule has 15 nitrogen and oxygen atoms in total. The number of hydrogen-bond donors (Lipinski definition) is 5. The summed E-state index contributed by atoms with van der Waals surface area (Å²) in [5, 5.41) is 12.4. The summed E-state index contributed by atoms with van der Waals surface area (Å²) in [6.07, 6.45) is 0. The quantitative estimate of drug-likeness (QED) is 0.193. The van der Waals surface area contributed by atoms with Gasteiger partial charge in [0.25, 0.3) is 10.1 Å². The van der Waals surface area contributed by atoms with Gasteiger partial charge in [0.2, 0.25) is 0 Å². The van der Waals surface area contributed by atoms with E-state index in [1.165, 1.54) is 24.3 Å². The number of primary amides is 1. The molecule has 0 saturated heterocycles. The summed E-state index contributed by atoms with van der Waals surface area (Å²) < 4.78 is 88.7. The molecule has 0 saturated carbocycles. The van der Waals surface area contributed by atoms with E-state index >= 15 is 0 Å². The number of hydrogen-bond acceptors (Lipinski definition) is 11. The second kappa shape index (κ2) is 11.2. The van der Waals surface area contributed by atoms with Crippen LogP contribution >= 0.6 is 11.6 Å². The van der Waals surface area contributed by atoms with Gasteiger partial charge in [0, 0.05) is 5.69 Å². The minimum atomic E-state index is -4.79. The standard InChI is InChI=1S/C16H18ClN5O10S3/c17-12-8-11(33(24,25)6-5-32-35(29,30)31)2-4-13(12)21-22-14-3-1-10(19-9-34(26,27)28)7-15(14)20-16(18)23/h1-4,7-8,19H,5-6,9H2,(H3,18,20,23)(H,26,27,28)(H,29,30,31). The molecule has 0 heterocycles. The number of anilines is 2. The second-order valence-corrected chi connectivity index (χ2v) is 11.6. The average Bonchev–Trinajstić information content (AvgIpc) is 2.70. The third kappa shape index (κ3) is 9.72. The summed E-state index contributed by atoms with van der Waals surface area (Å²) in [5.74, 6) is -1.55. The summed E-state index contributed by atoms with van der Waals surface area (Å²) in [5.41, 5.74) is 5.43. The van der Waals surface area contributed by atoms with E-state index in [1.54, 1.807) is 0 Å². The van der Waals surface area contributed by atoms with Crippen LogP contribution in [0.1, 0.15) is 0 Å². The third-order valence-corrected chi connectivity index (χ3v) is 6.79. The van der Waals surface area contributed by atoms with Crippen LogP contribution in [-0.2, 0) is 34.5 Å². The SMILES string of the molecule is NC(=O)Nc1cc(NCS(=O)(=O)O)ccc1N=Nc1ccc(S(=O)(=O)CCOS(=O)(=O)O)cc1Cl. The Kier molecular flexibility index (Phi) is 9.11. The molecule has 0 aromatic heterocycles. The number of halogens is 1. The number of benzene rings is 2. The lowest BCUT2D eigenvalue weighted by Crippen LogP contribution is -2.19. The molecule has 2 amide bonds. The molecule has 0 aliphatic carbocycles. The van der Waals surface area contributed by atoms with Gasteiger partial charge in [-0.1, -0.05) is 11.6 Å². The van der Waals surface area contributed by atoms with Gasteiger partial charge in [0.1, 0.15) is 17.3 Å². The lowest BCUT2D eigenvalue weighted by molar-refractivity contribution is 0.259. The number of nitrogens with zero attached hydrogens (tertiary/aromatic N) is 2. The van der Waals surface area contributed by atoms with Crippen molar-refractivity contribution in [2.45, 2.75) is 4.90 Å². The zero-order chi connectivity index (χ0) is 26.4. The average molecular weight is 572 g/mol. The minimum Gasteiger partial charge on any atom is -0.370 e. The highest BCUT2D eigenvalue weighted by molar-refractivity contribution is 7.91. The van der Waals surface area contributed by atoms with E-state index in [0.29, 0.717) is 0 Å². The Morgan fingerprint density at radius 2 is 1.63 bits per heavy atom. The van der Waals surface area contributed by atoms with Crippen molar-refractivity contribution in [3.8, 4) is 0 Å². The Labute approximate surface area is 205 Å². The number of carbonyl (C=O) groups is 1. The predicted molar refractivity (Wildman–Crippen MR) is 125 cm³/mol. The van der Waals surface area contributed by atoms with E-state index in [0.717, 1.165) is 12.1 Å². The Hall–Kier alpha value is -2.87. The van der Waals surface area contributed by atoms with Gasteiger partial charge in [0.05, 0.1) is 28.0 Å². The van der Waals surface area contributed by atoms with Crippen LogP contribution in [0.4, 0.5) is 27.5 Å². The molecular formula is C16H18ClN5O10S3.